The summed E-state index contributed by atoms with van der Waals surface area (Å²) < 4.78 is 1.02. The molecule has 1 aromatic heterocycles. The van der Waals surface area contributed by atoms with E-state index in [4.69, 9.17) is 0 Å². The highest BCUT2D eigenvalue weighted by molar-refractivity contribution is 9.10. The zero-order chi connectivity index (χ0) is 11.5. The lowest BCUT2D eigenvalue weighted by atomic mass is 10.2. The summed E-state index contributed by atoms with van der Waals surface area (Å²) in [6, 6.07) is 7.94. The molecule has 2 nitrogen and oxygen atoms in total. The lowest BCUT2D eigenvalue weighted by Crippen LogP contribution is -1.95. The lowest BCUT2D eigenvalue weighted by molar-refractivity contribution is -0.116. The van der Waals surface area contributed by atoms with E-state index in [9.17, 15) is 4.79 Å². The molecule has 0 amide bonds. The second-order valence-electron chi connectivity index (χ2n) is 3.49. The number of carbonyl (C=O) groups excluding carboxylic acids is 1. The number of rotatable bonds is 3. The van der Waals surface area contributed by atoms with Gasteiger partial charge in [0.15, 0.2) is 0 Å². The van der Waals surface area contributed by atoms with Crippen molar-refractivity contribution in [3.63, 3.8) is 0 Å². The highest BCUT2D eigenvalue weighted by Gasteiger charge is 2.08. The molecule has 0 aliphatic rings. The molecule has 1 heterocycles. The molecule has 82 valence electrons. The Labute approximate surface area is 106 Å². The molecule has 2 aromatic rings. The third kappa shape index (κ3) is 2.57. The van der Waals surface area contributed by atoms with Crippen molar-refractivity contribution in [3.05, 3.63) is 39.1 Å². The van der Waals surface area contributed by atoms with Crippen molar-refractivity contribution in [1.29, 1.82) is 0 Å². The van der Waals surface area contributed by atoms with Gasteiger partial charge in [-0.05, 0) is 13.0 Å². The van der Waals surface area contributed by atoms with Crippen LogP contribution >= 0.6 is 27.3 Å². The van der Waals surface area contributed by atoms with E-state index in [1.54, 1.807) is 6.92 Å². The number of thiazole rings is 1. The Morgan fingerprint density at radius 3 is 2.88 bits per heavy atom. The van der Waals surface area contributed by atoms with Crippen LogP contribution in [0.15, 0.2) is 34.1 Å². The van der Waals surface area contributed by atoms with Crippen LogP contribution < -0.4 is 0 Å². The SMILES string of the molecule is CC(=O)Cc1nc(-c2ccccc2Br)cs1. The minimum absolute atomic E-state index is 0.146. The van der Waals surface area contributed by atoms with Gasteiger partial charge in [0.05, 0.1) is 12.1 Å². The molecule has 16 heavy (non-hydrogen) atoms. The lowest BCUT2D eigenvalue weighted by Gasteiger charge is -1.98. The number of Topliss-reactive ketones (excluding diaryl/α,β-unsaturated/α-hetero) is 1. The number of carbonyl (C=O) groups is 1. The van der Waals surface area contributed by atoms with Crippen molar-refractivity contribution in [2.24, 2.45) is 0 Å². The molecule has 0 saturated heterocycles. The van der Waals surface area contributed by atoms with Gasteiger partial charge in [-0.15, -0.1) is 11.3 Å². The van der Waals surface area contributed by atoms with E-state index in [1.165, 1.54) is 11.3 Å². The van der Waals surface area contributed by atoms with Crippen LogP contribution in [0.4, 0.5) is 0 Å². The van der Waals surface area contributed by atoms with E-state index in [-0.39, 0.29) is 5.78 Å². The van der Waals surface area contributed by atoms with Gasteiger partial charge in [-0.3, -0.25) is 4.79 Å². The number of nitrogens with zero attached hydrogens (tertiary/aromatic N) is 1. The van der Waals surface area contributed by atoms with Gasteiger partial charge in [-0.2, -0.15) is 0 Å². The molecule has 0 radical (unpaired) electrons. The Bertz CT molecular complexity index is 521. The summed E-state index contributed by atoms with van der Waals surface area (Å²) in [5, 5.41) is 2.86. The fourth-order valence-corrected chi connectivity index (χ4v) is 2.75. The van der Waals surface area contributed by atoms with Crippen LogP contribution in [-0.4, -0.2) is 10.8 Å². The van der Waals surface area contributed by atoms with Crippen molar-refractivity contribution in [2.75, 3.05) is 0 Å². The van der Waals surface area contributed by atoms with Crippen molar-refractivity contribution < 1.29 is 4.79 Å². The van der Waals surface area contributed by atoms with Gasteiger partial charge in [0.1, 0.15) is 10.8 Å². The van der Waals surface area contributed by atoms with E-state index in [1.807, 2.05) is 29.6 Å². The van der Waals surface area contributed by atoms with Crippen molar-refractivity contribution in [1.82, 2.24) is 4.98 Å². The van der Waals surface area contributed by atoms with Crippen LogP contribution in [0.25, 0.3) is 11.3 Å². The number of hydrogen-bond acceptors (Lipinski definition) is 3. The Balaban J connectivity index is 2.32. The number of aromatic nitrogens is 1. The second kappa shape index (κ2) is 4.89. The summed E-state index contributed by atoms with van der Waals surface area (Å²) >= 11 is 5.02. The van der Waals surface area contributed by atoms with Gasteiger partial charge in [-0.25, -0.2) is 4.98 Å². The summed E-state index contributed by atoms with van der Waals surface area (Å²) in [7, 11) is 0. The highest BCUT2D eigenvalue weighted by atomic mass is 79.9. The van der Waals surface area contributed by atoms with Gasteiger partial charge in [-0.1, -0.05) is 34.1 Å². The number of hydrogen-bond donors (Lipinski definition) is 0. The summed E-state index contributed by atoms with van der Waals surface area (Å²) in [6.45, 7) is 1.58. The standard InChI is InChI=1S/C12H10BrNOS/c1-8(15)6-12-14-11(7-16-12)9-4-2-3-5-10(9)13/h2-5,7H,6H2,1H3. The molecule has 0 N–H and O–H groups in total. The first-order valence-electron chi connectivity index (χ1n) is 4.85. The zero-order valence-electron chi connectivity index (χ0n) is 8.74. The zero-order valence-corrected chi connectivity index (χ0v) is 11.1. The molecule has 2 rings (SSSR count). The molecule has 0 saturated carbocycles. The summed E-state index contributed by atoms with van der Waals surface area (Å²) in [5.41, 5.74) is 1.99. The average Bonchev–Trinajstić information content (AvgIpc) is 2.66. The minimum Gasteiger partial charge on any atom is -0.300 e. The van der Waals surface area contributed by atoms with Gasteiger partial charge in [0, 0.05) is 15.4 Å². The number of halogens is 1. The molecule has 0 fully saturated rings. The van der Waals surface area contributed by atoms with Crippen LogP contribution in [0.5, 0.6) is 0 Å². The first-order chi connectivity index (χ1) is 7.66. The number of ketones is 1. The molecule has 4 heteroatoms. The van der Waals surface area contributed by atoms with Crippen LogP contribution in [0.1, 0.15) is 11.9 Å². The van der Waals surface area contributed by atoms with Crippen LogP contribution in [0, 0.1) is 0 Å². The fraction of sp³-hybridized carbons (Fsp3) is 0.167. The Hall–Kier alpha value is -1.000. The van der Waals surface area contributed by atoms with Gasteiger partial charge >= 0.3 is 0 Å². The maximum Gasteiger partial charge on any atom is 0.136 e. The van der Waals surface area contributed by atoms with Crippen LogP contribution in [0.3, 0.4) is 0 Å². The molecule has 1 aromatic carbocycles. The van der Waals surface area contributed by atoms with Crippen LogP contribution in [0.2, 0.25) is 0 Å². The summed E-state index contributed by atoms with van der Waals surface area (Å²) in [6.07, 6.45) is 0.426. The Morgan fingerprint density at radius 1 is 1.44 bits per heavy atom. The monoisotopic (exact) mass is 295 g/mol. The summed E-state index contributed by atoms with van der Waals surface area (Å²) in [5.74, 6) is 0.146. The van der Waals surface area contributed by atoms with Gasteiger partial charge in [0.25, 0.3) is 0 Å². The molecular weight excluding hydrogens is 286 g/mol. The predicted octanol–water partition coefficient (Wildman–Crippen LogP) is 3.70. The molecule has 0 bridgehead atoms. The predicted molar refractivity (Wildman–Crippen MR) is 69.6 cm³/mol. The molecule has 0 aliphatic carbocycles. The van der Waals surface area contributed by atoms with E-state index < -0.39 is 0 Å². The number of benzene rings is 1. The maximum absolute atomic E-state index is 11.0. The van der Waals surface area contributed by atoms with Crippen molar-refractivity contribution in [2.45, 2.75) is 13.3 Å². The van der Waals surface area contributed by atoms with E-state index in [0.717, 1.165) is 20.7 Å². The minimum atomic E-state index is 0.146. The molecule has 0 unspecified atom stereocenters. The maximum atomic E-state index is 11.0. The molecule has 0 aliphatic heterocycles. The quantitative estimate of drug-likeness (QED) is 0.864. The first-order valence-corrected chi connectivity index (χ1v) is 6.53. The van der Waals surface area contributed by atoms with Crippen molar-refractivity contribution >= 4 is 33.0 Å². The van der Waals surface area contributed by atoms with Gasteiger partial charge < -0.3 is 0 Å². The Morgan fingerprint density at radius 2 is 2.19 bits per heavy atom. The smallest absolute Gasteiger partial charge is 0.136 e. The van der Waals surface area contributed by atoms with Crippen molar-refractivity contribution in [3.8, 4) is 11.3 Å². The molecule has 0 atom stereocenters. The Kier molecular flexibility index (Phi) is 3.51. The van der Waals surface area contributed by atoms with E-state index in [0.29, 0.717) is 6.42 Å². The largest absolute Gasteiger partial charge is 0.300 e. The fourth-order valence-electron chi connectivity index (χ4n) is 1.40. The molecule has 0 spiro atoms. The van der Waals surface area contributed by atoms with Gasteiger partial charge in [0.2, 0.25) is 0 Å². The summed E-state index contributed by atoms with van der Waals surface area (Å²) in [4.78, 5) is 15.4. The van der Waals surface area contributed by atoms with E-state index in [2.05, 4.69) is 20.9 Å². The highest BCUT2D eigenvalue weighted by Crippen LogP contribution is 2.28. The molecular formula is C12H10BrNOS. The second-order valence-corrected chi connectivity index (χ2v) is 5.28. The third-order valence-corrected chi connectivity index (χ3v) is 3.64. The third-order valence-electron chi connectivity index (χ3n) is 2.10. The first kappa shape index (κ1) is 11.5. The topological polar surface area (TPSA) is 30.0 Å². The van der Waals surface area contributed by atoms with E-state index >= 15 is 0 Å². The van der Waals surface area contributed by atoms with Crippen LogP contribution in [-0.2, 0) is 11.2 Å². The average molecular weight is 296 g/mol. The normalized spacial score (nSPS) is 10.4.